The van der Waals surface area contributed by atoms with Crippen LogP contribution in [0.15, 0.2) is 53.3 Å². The first kappa shape index (κ1) is 18.4. The van der Waals surface area contributed by atoms with Crippen molar-refractivity contribution in [2.45, 2.75) is 18.9 Å². The van der Waals surface area contributed by atoms with Crippen LogP contribution in [-0.4, -0.2) is 23.8 Å². The number of ether oxygens (including phenoxy) is 1. The first-order valence-electron chi connectivity index (χ1n) is 9.27. The Labute approximate surface area is 168 Å². The summed E-state index contributed by atoms with van der Waals surface area (Å²) in [5, 5.41) is 11.2. The molecule has 1 aliphatic heterocycles. The van der Waals surface area contributed by atoms with Crippen LogP contribution >= 0.6 is 11.6 Å². The average Bonchev–Trinajstić information content (AvgIpc) is 2.71. The van der Waals surface area contributed by atoms with Crippen molar-refractivity contribution in [2.75, 3.05) is 18.0 Å². The third-order valence-electron chi connectivity index (χ3n) is 5.24. The fourth-order valence-electron chi connectivity index (χ4n) is 3.84. The third-order valence-corrected chi connectivity index (χ3v) is 5.48. The number of anilines is 1. The van der Waals surface area contributed by atoms with E-state index in [9.17, 15) is 10.1 Å². The molecular weight excluding hydrogens is 374 g/mol. The van der Waals surface area contributed by atoms with Crippen molar-refractivity contribution in [3.8, 4) is 11.8 Å². The Morgan fingerprint density at radius 3 is 2.61 bits per heavy atom. The average molecular weight is 394 g/mol. The van der Waals surface area contributed by atoms with Gasteiger partial charge >= 0.3 is 0 Å². The van der Waals surface area contributed by atoms with E-state index in [1.54, 1.807) is 11.6 Å². The predicted molar refractivity (Wildman–Crippen MR) is 111 cm³/mol. The van der Waals surface area contributed by atoms with Gasteiger partial charge in [-0.25, -0.2) is 0 Å². The smallest absolute Gasteiger partial charge is 0.270 e. The van der Waals surface area contributed by atoms with E-state index >= 15 is 0 Å². The summed E-state index contributed by atoms with van der Waals surface area (Å²) >= 11 is 6.03. The molecule has 2 heterocycles. The zero-order valence-corrected chi connectivity index (χ0v) is 16.3. The molecule has 1 fully saturated rings. The molecule has 0 unspecified atom stereocenters. The molecule has 2 aromatic carbocycles. The molecule has 1 saturated heterocycles. The molecule has 4 rings (SSSR count). The fraction of sp³-hybridized carbons (Fsp3) is 0.273. The largest absolute Gasteiger partial charge is 0.490 e. The number of nitrogens with zero attached hydrogens (tertiary/aromatic N) is 3. The zero-order valence-electron chi connectivity index (χ0n) is 15.6. The highest BCUT2D eigenvalue weighted by atomic mass is 35.5. The number of hydrogen-bond donors (Lipinski definition) is 0. The van der Waals surface area contributed by atoms with E-state index in [-0.39, 0.29) is 17.2 Å². The van der Waals surface area contributed by atoms with Gasteiger partial charge in [0.1, 0.15) is 23.5 Å². The molecule has 142 valence electrons. The van der Waals surface area contributed by atoms with Gasteiger partial charge in [0, 0.05) is 43.4 Å². The Morgan fingerprint density at radius 2 is 1.89 bits per heavy atom. The summed E-state index contributed by atoms with van der Waals surface area (Å²) in [4.78, 5) is 14.8. The number of aryl methyl sites for hydroxylation is 1. The van der Waals surface area contributed by atoms with Crippen LogP contribution in [0.4, 0.5) is 5.69 Å². The Balaban J connectivity index is 1.61. The lowest BCUT2D eigenvalue weighted by Crippen LogP contribution is -2.40. The van der Waals surface area contributed by atoms with Gasteiger partial charge in [0.25, 0.3) is 5.56 Å². The fourth-order valence-corrected chi connectivity index (χ4v) is 4.02. The number of pyridine rings is 1. The van der Waals surface area contributed by atoms with Gasteiger partial charge in [-0.05, 0) is 24.3 Å². The number of nitriles is 1. The molecule has 28 heavy (non-hydrogen) atoms. The van der Waals surface area contributed by atoms with Gasteiger partial charge in [0.15, 0.2) is 0 Å². The van der Waals surface area contributed by atoms with Crippen LogP contribution in [0.3, 0.4) is 0 Å². The number of benzene rings is 2. The number of halogens is 1. The van der Waals surface area contributed by atoms with Gasteiger partial charge in [-0.1, -0.05) is 35.9 Å². The maximum atomic E-state index is 12.7. The second-order valence-electron chi connectivity index (χ2n) is 6.98. The van der Waals surface area contributed by atoms with Gasteiger partial charge in [-0.2, -0.15) is 5.26 Å². The van der Waals surface area contributed by atoms with Crippen LogP contribution < -0.4 is 15.2 Å². The molecule has 5 nitrogen and oxygen atoms in total. The van der Waals surface area contributed by atoms with Crippen LogP contribution in [0.25, 0.3) is 10.9 Å². The van der Waals surface area contributed by atoms with Crippen molar-refractivity contribution in [2.24, 2.45) is 7.05 Å². The Morgan fingerprint density at radius 1 is 1.14 bits per heavy atom. The molecule has 3 aromatic rings. The molecule has 0 aliphatic carbocycles. The summed E-state index contributed by atoms with van der Waals surface area (Å²) in [6.45, 7) is 1.44. The lowest BCUT2D eigenvalue weighted by atomic mass is 10.0. The van der Waals surface area contributed by atoms with Crippen molar-refractivity contribution < 1.29 is 4.74 Å². The first-order chi connectivity index (χ1) is 13.6. The van der Waals surface area contributed by atoms with Crippen LogP contribution in [0.5, 0.6) is 5.75 Å². The summed E-state index contributed by atoms with van der Waals surface area (Å²) in [6.07, 6.45) is 1.69. The number of piperidine rings is 1. The van der Waals surface area contributed by atoms with E-state index in [0.29, 0.717) is 5.02 Å². The molecular formula is C22H20ClN3O2. The van der Waals surface area contributed by atoms with Crippen LogP contribution in [0.1, 0.15) is 18.4 Å². The molecule has 6 heteroatoms. The number of para-hydroxylation sites is 1. The Kier molecular flexibility index (Phi) is 4.97. The van der Waals surface area contributed by atoms with Gasteiger partial charge in [0.05, 0.1) is 11.2 Å². The van der Waals surface area contributed by atoms with Gasteiger partial charge < -0.3 is 14.2 Å². The van der Waals surface area contributed by atoms with E-state index in [2.05, 4.69) is 11.0 Å². The standard InChI is InChI=1S/C22H20ClN3O2/c1-25-20-8-3-2-7-18(20)21(19(14-24)22(25)27)26-11-9-16(10-12-26)28-17-6-4-5-15(23)13-17/h2-8,13,16H,9-12H2,1H3. The van der Waals surface area contributed by atoms with E-state index in [4.69, 9.17) is 16.3 Å². The Bertz CT molecular complexity index is 1120. The maximum Gasteiger partial charge on any atom is 0.270 e. The number of rotatable bonds is 3. The van der Waals surface area contributed by atoms with Crippen molar-refractivity contribution in [1.82, 2.24) is 4.57 Å². The summed E-state index contributed by atoms with van der Waals surface area (Å²) in [5.41, 5.74) is 1.52. The van der Waals surface area contributed by atoms with Gasteiger partial charge in [-0.3, -0.25) is 4.79 Å². The molecule has 0 spiro atoms. The van der Waals surface area contributed by atoms with E-state index in [0.717, 1.165) is 48.3 Å². The highest BCUT2D eigenvalue weighted by molar-refractivity contribution is 6.30. The number of hydrogen-bond acceptors (Lipinski definition) is 4. The molecule has 0 bridgehead atoms. The van der Waals surface area contributed by atoms with Crippen LogP contribution in [-0.2, 0) is 7.05 Å². The topological polar surface area (TPSA) is 58.3 Å². The molecule has 0 atom stereocenters. The summed E-state index contributed by atoms with van der Waals surface area (Å²) in [5.74, 6) is 0.766. The maximum absolute atomic E-state index is 12.7. The second kappa shape index (κ2) is 7.57. The summed E-state index contributed by atoms with van der Waals surface area (Å²) in [7, 11) is 1.71. The second-order valence-corrected chi connectivity index (χ2v) is 7.41. The van der Waals surface area contributed by atoms with Gasteiger partial charge in [0.2, 0.25) is 0 Å². The molecule has 0 N–H and O–H groups in total. The highest BCUT2D eigenvalue weighted by Gasteiger charge is 2.26. The van der Waals surface area contributed by atoms with Crippen LogP contribution in [0.2, 0.25) is 5.02 Å². The zero-order chi connectivity index (χ0) is 19.7. The number of aromatic nitrogens is 1. The SMILES string of the molecule is Cn1c(=O)c(C#N)c(N2CCC(Oc3cccc(Cl)c3)CC2)c2ccccc21. The molecule has 0 radical (unpaired) electrons. The van der Waals surface area contributed by atoms with Crippen molar-refractivity contribution in [3.63, 3.8) is 0 Å². The van der Waals surface area contributed by atoms with Crippen molar-refractivity contribution in [3.05, 3.63) is 69.5 Å². The quantitative estimate of drug-likeness (QED) is 0.671. The van der Waals surface area contributed by atoms with Gasteiger partial charge in [-0.15, -0.1) is 0 Å². The Hall–Kier alpha value is -2.97. The minimum atomic E-state index is -0.256. The minimum absolute atomic E-state index is 0.0815. The molecule has 0 saturated carbocycles. The molecule has 0 amide bonds. The molecule has 1 aliphatic rings. The molecule has 1 aromatic heterocycles. The summed E-state index contributed by atoms with van der Waals surface area (Å²) in [6, 6.07) is 17.3. The lowest BCUT2D eigenvalue weighted by molar-refractivity contribution is 0.171. The van der Waals surface area contributed by atoms with Crippen molar-refractivity contribution in [1.29, 1.82) is 5.26 Å². The normalized spacial score (nSPS) is 14.8. The van der Waals surface area contributed by atoms with Crippen LogP contribution in [0, 0.1) is 11.3 Å². The summed E-state index contributed by atoms with van der Waals surface area (Å²) < 4.78 is 7.61. The van der Waals surface area contributed by atoms with E-state index in [1.807, 2.05) is 48.5 Å². The lowest BCUT2D eigenvalue weighted by Gasteiger charge is -2.35. The van der Waals surface area contributed by atoms with Crippen molar-refractivity contribution >= 4 is 28.2 Å². The predicted octanol–water partition coefficient (Wildman–Crippen LogP) is 4.11. The monoisotopic (exact) mass is 393 g/mol. The first-order valence-corrected chi connectivity index (χ1v) is 9.65. The minimum Gasteiger partial charge on any atom is -0.490 e. The third kappa shape index (κ3) is 3.32. The van der Waals surface area contributed by atoms with E-state index < -0.39 is 0 Å². The number of fused-ring (bicyclic) bond motifs is 1. The highest BCUT2D eigenvalue weighted by Crippen LogP contribution is 2.31. The van der Waals surface area contributed by atoms with E-state index in [1.165, 1.54) is 0 Å².